The Kier molecular flexibility index (Phi) is 2.68. The lowest BCUT2D eigenvalue weighted by Crippen LogP contribution is -2.32. The predicted molar refractivity (Wildman–Crippen MR) is 51.5 cm³/mol. The fourth-order valence-electron chi connectivity index (χ4n) is 1.89. The number of aliphatic hydroxyl groups excluding tert-OH is 1. The zero-order valence-electron chi connectivity index (χ0n) is 7.98. The Hall–Kier alpha value is -1.09. The van der Waals surface area contributed by atoms with E-state index in [9.17, 15) is 9.90 Å². The van der Waals surface area contributed by atoms with Gasteiger partial charge in [-0.25, -0.2) is 0 Å². The van der Waals surface area contributed by atoms with Crippen molar-refractivity contribution in [2.24, 2.45) is 5.92 Å². The van der Waals surface area contributed by atoms with Crippen LogP contribution < -0.4 is 0 Å². The second kappa shape index (κ2) is 3.96. The van der Waals surface area contributed by atoms with Gasteiger partial charge < -0.3 is 9.84 Å². The monoisotopic (exact) mass is 194 g/mol. The molecule has 0 amide bonds. The molecule has 0 radical (unpaired) electrons. The summed E-state index contributed by atoms with van der Waals surface area (Å²) in [5.74, 6) is 0.802. The number of rotatable bonds is 0. The van der Waals surface area contributed by atoms with Gasteiger partial charge in [-0.3, -0.25) is 4.79 Å². The third-order valence-electron chi connectivity index (χ3n) is 2.70. The van der Waals surface area contributed by atoms with Gasteiger partial charge in [-0.2, -0.15) is 0 Å². The van der Waals surface area contributed by atoms with Crippen LogP contribution in [0, 0.1) is 5.92 Å². The second-order valence-electron chi connectivity index (χ2n) is 3.76. The Labute approximate surface area is 83.1 Å². The Morgan fingerprint density at radius 2 is 2.36 bits per heavy atom. The number of aliphatic hydroxyl groups is 1. The first kappa shape index (κ1) is 9.46. The van der Waals surface area contributed by atoms with Gasteiger partial charge in [0, 0.05) is 25.2 Å². The molecule has 0 aromatic rings. The minimum Gasteiger partial charge on any atom is -0.497 e. The Balaban J connectivity index is 2.23. The molecule has 1 saturated heterocycles. The molecule has 3 heteroatoms. The summed E-state index contributed by atoms with van der Waals surface area (Å²) in [6.07, 6.45) is 6.58. The molecule has 2 rings (SSSR count). The molecule has 0 spiro atoms. The highest BCUT2D eigenvalue weighted by molar-refractivity contribution is 5.80. The van der Waals surface area contributed by atoms with Crippen LogP contribution in [0.1, 0.15) is 19.3 Å². The van der Waals surface area contributed by atoms with Crippen LogP contribution in [0.2, 0.25) is 0 Å². The van der Waals surface area contributed by atoms with Crippen LogP contribution in [0.5, 0.6) is 0 Å². The van der Waals surface area contributed by atoms with E-state index in [-0.39, 0.29) is 11.7 Å². The van der Waals surface area contributed by atoms with Gasteiger partial charge in [0.25, 0.3) is 0 Å². The number of carbonyl (C=O) groups is 1. The van der Waals surface area contributed by atoms with Gasteiger partial charge in [0.2, 0.25) is 0 Å². The molecule has 0 saturated carbocycles. The number of ether oxygens (including phenoxy) is 1. The SMILES string of the molecule is O=C1CC=CC=C2OCCC(O)C2C1. The first-order chi connectivity index (χ1) is 6.77. The maximum Gasteiger partial charge on any atom is 0.137 e. The van der Waals surface area contributed by atoms with Crippen molar-refractivity contribution in [3.8, 4) is 0 Å². The smallest absolute Gasteiger partial charge is 0.137 e. The number of ketones is 1. The summed E-state index contributed by atoms with van der Waals surface area (Å²) in [4.78, 5) is 11.4. The van der Waals surface area contributed by atoms with Gasteiger partial charge in [0.1, 0.15) is 11.5 Å². The standard InChI is InChI=1S/C11H14O3/c12-8-3-1-2-4-11-9(7-8)10(13)5-6-14-11/h1-2,4,9-10,13H,3,5-7H2. The second-order valence-corrected chi connectivity index (χ2v) is 3.76. The molecule has 2 aliphatic rings. The molecule has 14 heavy (non-hydrogen) atoms. The number of carbonyl (C=O) groups excluding carboxylic acids is 1. The van der Waals surface area contributed by atoms with E-state index in [2.05, 4.69) is 0 Å². The van der Waals surface area contributed by atoms with E-state index in [1.807, 2.05) is 18.2 Å². The molecule has 0 aromatic carbocycles. The van der Waals surface area contributed by atoms with E-state index in [1.165, 1.54) is 0 Å². The molecule has 0 bridgehead atoms. The highest BCUT2D eigenvalue weighted by atomic mass is 16.5. The number of fused-ring (bicyclic) bond motifs is 1. The molecular weight excluding hydrogens is 180 g/mol. The van der Waals surface area contributed by atoms with E-state index < -0.39 is 6.10 Å². The number of hydrogen-bond acceptors (Lipinski definition) is 3. The fraction of sp³-hybridized carbons (Fsp3) is 0.545. The number of hydrogen-bond donors (Lipinski definition) is 1. The van der Waals surface area contributed by atoms with Crippen LogP contribution >= 0.6 is 0 Å². The molecule has 2 atom stereocenters. The number of allylic oxidation sites excluding steroid dienone is 3. The summed E-state index contributed by atoms with van der Waals surface area (Å²) in [6.45, 7) is 0.547. The molecule has 1 aliphatic carbocycles. The first-order valence-electron chi connectivity index (χ1n) is 4.96. The van der Waals surface area contributed by atoms with Gasteiger partial charge in [-0.15, -0.1) is 0 Å². The summed E-state index contributed by atoms with van der Waals surface area (Å²) >= 11 is 0. The van der Waals surface area contributed by atoms with Crippen molar-refractivity contribution in [1.82, 2.24) is 0 Å². The topological polar surface area (TPSA) is 46.5 Å². The summed E-state index contributed by atoms with van der Waals surface area (Å²) in [5, 5.41) is 9.74. The van der Waals surface area contributed by atoms with Crippen molar-refractivity contribution in [1.29, 1.82) is 0 Å². The molecule has 2 unspecified atom stereocenters. The van der Waals surface area contributed by atoms with Crippen LogP contribution in [0.4, 0.5) is 0 Å². The van der Waals surface area contributed by atoms with Crippen molar-refractivity contribution in [3.63, 3.8) is 0 Å². The van der Waals surface area contributed by atoms with Crippen LogP contribution in [0.25, 0.3) is 0 Å². The first-order valence-corrected chi connectivity index (χ1v) is 4.96. The van der Waals surface area contributed by atoms with Gasteiger partial charge in [-0.05, 0) is 6.08 Å². The predicted octanol–water partition coefficient (Wildman–Crippen LogP) is 1.19. The van der Waals surface area contributed by atoms with Crippen molar-refractivity contribution in [2.45, 2.75) is 25.4 Å². The Morgan fingerprint density at radius 1 is 1.50 bits per heavy atom. The van der Waals surface area contributed by atoms with Crippen molar-refractivity contribution in [2.75, 3.05) is 6.61 Å². The molecule has 76 valence electrons. The summed E-state index contributed by atoms with van der Waals surface area (Å²) in [5.41, 5.74) is 0. The van der Waals surface area contributed by atoms with Gasteiger partial charge >= 0.3 is 0 Å². The van der Waals surface area contributed by atoms with Crippen LogP contribution in [0.15, 0.2) is 24.0 Å². The minimum atomic E-state index is -0.426. The Bertz CT molecular complexity index is 291. The average Bonchev–Trinajstić information content (AvgIpc) is 2.14. The largest absolute Gasteiger partial charge is 0.497 e. The third kappa shape index (κ3) is 1.87. The van der Waals surface area contributed by atoms with Crippen molar-refractivity contribution < 1.29 is 14.6 Å². The van der Waals surface area contributed by atoms with Gasteiger partial charge in [-0.1, -0.05) is 12.2 Å². The zero-order valence-corrected chi connectivity index (χ0v) is 7.98. The van der Waals surface area contributed by atoms with Crippen LogP contribution in [-0.2, 0) is 9.53 Å². The highest BCUT2D eigenvalue weighted by Gasteiger charge is 2.30. The Morgan fingerprint density at radius 3 is 3.21 bits per heavy atom. The third-order valence-corrected chi connectivity index (χ3v) is 2.70. The highest BCUT2D eigenvalue weighted by Crippen LogP contribution is 2.29. The molecule has 1 heterocycles. The van der Waals surface area contributed by atoms with E-state index in [0.717, 1.165) is 5.76 Å². The maximum absolute atomic E-state index is 11.4. The summed E-state index contributed by atoms with van der Waals surface area (Å²) in [6, 6.07) is 0. The molecule has 3 nitrogen and oxygen atoms in total. The van der Waals surface area contributed by atoms with E-state index in [4.69, 9.17) is 4.74 Å². The zero-order chi connectivity index (χ0) is 9.97. The lowest BCUT2D eigenvalue weighted by molar-refractivity contribution is -0.121. The molecule has 1 aliphatic heterocycles. The van der Waals surface area contributed by atoms with E-state index >= 15 is 0 Å². The van der Waals surface area contributed by atoms with E-state index in [1.54, 1.807) is 0 Å². The lowest BCUT2D eigenvalue weighted by atomic mass is 9.88. The van der Waals surface area contributed by atoms with Crippen LogP contribution in [-0.4, -0.2) is 23.6 Å². The maximum atomic E-state index is 11.4. The average molecular weight is 194 g/mol. The fourth-order valence-corrected chi connectivity index (χ4v) is 1.89. The molecule has 0 aromatic heterocycles. The van der Waals surface area contributed by atoms with Crippen molar-refractivity contribution >= 4 is 5.78 Å². The molecule has 1 fully saturated rings. The normalized spacial score (nSPS) is 32.4. The summed E-state index contributed by atoms with van der Waals surface area (Å²) in [7, 11) is 0. The molecular formula is C11H14O3. The lowest BCUT2D eigenvalue weighted by Gasteiger charge is -2.30. The van der Waals surface area contributed by atoms with Crippen molar-refractivity contribution in [3.05, 3.63) is 24.0 Å². The van der Waals surface area contributed by atoms with E-state index in [0.29, 0.717) is 25.9 Å². The molecule has 1 N–H and O–H groups in total. The van der Waals surface area contributed by atoms with Gasteiger partial charge in [0.15, 0.2) is 0 Å². The van der Waals surface area contributed by atoms with Crippen LogP contribution in [0.3, 0.4) is 0 Å². The minimum absolute atomic E-state index is 0.124. The number of Topliss-reactive ketones (excluding diaryl/α,β-unsaturated/α-hetero) is 1. The van der Waals surface area contributed by atoms with Gasteiger partial charge in [0.05, 0.1) is 12.7 Å². The quantitative estimate of drug-likeness (QED) is 0.630. The summed E-state index contributed by atoms with van der Waals surface area (Å²) < 4.78 is 5.43.